The average molecular weight is 867 g/mol. The second-order valence-electron chi connectivity index (χ2n) is 17.4. The van der Waals surface area contributed by atoms with Crippen LogP contribution in [0.5, 0.6) is 0 Å². The second kappa shape index (κ2) is 16.4. The molecule has 10 aromatic carbocycles. The van der Waals surface area contributed by atoms with E-state index in [2.05, 4.69) is 252 Å². The summed E-state index contributed by atoms with van der Waals surface area (Å²) in [6.45, 7) is 0. The minimum Gasteiger partial charge on any atom is -0.309 e. The number of nitrogens with zero attached hydrogens (tertiary/aromatic N) is 4. The number of hydrogen-bond acceptors (Lipinski definition) is 2. The predicted molar refractivity (Wildman–Crippen MR) is 283 cm³/mol. The summed E-state index contributed by atoms with van der Waals surface area (Å²) in [5.41, 5.74) is 18.9. The van der Waals surface area contributed by atoms with Crippen molar-refractivity contribution in [3.05, 3.63) is 255 Å². The second-order valence-corrected chi connectivity index (χ2v) is 17.4. The van der Waals surface area contributed by atoms with Crippen molar-refractivity contribution in [2.75, 3.05) is 0 Å². The van der Waals surface area contributed by atoms with Crippen LogP contribution in [0, 0.1) is 0 Å². The molecule has 3 aromatic heterocycles. The van der Waals surface area contributed by atoms with Crippen LogP contribution in [0.4, 0.5) is 0 Å². The summed E-state index contributed by atoms with van der Waals surface area (Å²) in [6, 6.07) is 91.1. The van der Waals surface area contributed by atoms with E-state index in [1.54, 1.807) is 0 Å². The number of benzene rings is 10. The molecule has 0 N–H and O–H groups in total. The van der Waals surface area contributed by atoms with Crippen molar-refractivity contribution in [1.82, 2.24) is 19.1 Å². The highest BCUT2D eigenvalue weighted by molar-refractivity contribution is 6.12. The Kier molecular flexibility index (Phi) is 9.47. The van der Waals surface area contributed by atoms with Crippen molar-refractivity contribution >= 4 is 43.6 Å². The van der Waals surface area contributed by atoms with E-state index in [4.69, 9.17) is 9.97 Å². The molecular weight excluding hydrogens is 825 g/mol. The van der Waals surface area contributed by atoms with Crippen molar-refractivity contribution in [3.8, 4) is 78.7 Å². The molecular formula is C64H42N4. The zero-order valence-electron chi connectivity index (χ0n) is 37.0. The fourth-order valence-corrected chi connectivity index (χ4v) is 10.0. The average Bonchev–Trinajstić information content (AvgIpc) is 3.94. The standard InChI is InChI=1S/C64H42N4/c1-4-15-43(16-5-1)44-27-29-45(30-28-44)46-31-35-52(36-32-46)67-60-25-12-10-23-54(60)56-37-33-50(41-63(56)67)49-34-38-62-57(40-49)55-24-11-13-26-61(55)68(62)53-22-14-21-51(39-53)64-65-58(47-17-6-2-7-18-47)42-59(66-64)48-19-8-3-9-20-48/h1-42H. The molecule has 0 saturated heterocycles. The maximum absolute atomic E-state index is 5.16. The van der Waals surface area contributed by atoms with Crippen LogP contribution in [0.2, 0.25) is 0 Å². The molecule has 0 spiro atoms. The molecule has 0 aliphatic rings. The van der Waals surface area contributed by atoms with Gasteiger partial charge < -0.3 is 9.13 Å². The van der Waals surface area contributed by atoms with Crippen molar-refractivity contribution < 1.29 is 0 Å². The van der Waals surface area contributed by atoms with Gasteiger partial charge in [-0.25, -0.2) is 9.97 Å². The van der Waals surface area contributed by atoms with E-state index in [1.807, 2.05) is 12.1 Å². The lowest BCUT2D eigenvalue weighted by Gasteiger charge is -2.12. The lowest BCUT2D eigenvalue weighted by atomic mass is 10.00. The third kappa shape index (κ3) is 6.86. The summed E-state index contributed by atoms with van der Waals surface area (Å²) in [7, 11) is 0. The Bertz CT molecular complexity index is 3920. The predicted octanol–water partition coefficient (Wildman–Crippen LogP) is 16.7. The third-order valence-electron chi connectivity index (χ3n) is 13.4. The van der Waals surface area contributed by atoms with Crippen LogP contribution < -0.4 is 0 Å². The van der Waals surface area contributed by atoms with Gasteiger partial charge in [-0.2, -0.15) is 0 Å². The van der Waals surface area contributed by atoms with Crippen LogP contribution in [0.25, 0.3) is 122 Å². The molecule has 4 nitrogen and oxygen atoms in total. The van der Waals surface area contributed by atoms with Crippen molar-refractivity contribution in [1.29, 1.82) is 0 Å². The maximum atomic E-state index is 5.16. The quantitative estimate of drug-likeness (QED) is 0.153. The largest absolute Gasteiger partial charge is 0.309 e. The lowest BCUT2D eigenvalue weighted by molar-refractivity contribution is 1.16. The lowest BCUT2D eigenvalue weighted by Crippen LogP contribution is -1.98. The van der Waals surface area contributed by atoms with Gasteiger partial charge in [0.1, 0.15) is 0 Å². The first-order chi connectivity index (χ1) is 33.7. The minimum atomic E-state index is 0.688. The van der Waals surface area contributed by atoms with Crippen LogP contribution >= 0.6 is 0 Å². The number of aromatic nitrogens is 4. The zero-order chi connectivity index (χ0) is 45.0. The molecule has 0 aliphatic carbocycles. The third-order valence-corrected chi connectivity index (χ3v) is 13.4. The summed E-state index contributed by atoms with van der Waals surface area (Å²) in [4.78, 5) is 10.3. The SMILES string of the molecule is c1ccc(-c2ccc(-c3ccc(-n4c5ccccc5c5ccc(-c6ccc7c(c6)c6ccccc6n7-c6cccc(-c7nc(-c8ccccc8)cc(-c8ccccc8)n7)c6)cc54)cc3)cc2)cc1. The van der Waals surface area contributed by atoms with Gasteiger partial charge in [0.05, 0.1) is 33.5 Å². The number of rotatable bonds is 8. The monoisotopic (exact) mass is 866 g/mol. The van der Waals surface area contributed by atoms with E-state index >= 15 is 0 Å². The van der Waals surface area contributed by atoms with Crippen LogP contribution in [0.1, 0.15) is 0 Å². The Morgan fingerprint density at radius 1 is 0.221 bits per heavy atom. The van der Waals surface area contributed by atoms with E-state index < -0.39 is 0 Å². The highest BCUT2D eigenvalue weighted by Gasteiger charge is 2.18. The Labute approximate surface area is 394 Å². The summed E-state index contributed by atoms with van der Waals surface area (Å²) in [6.07, 6.45) is 0. The van der Waals surface area contributed by atoms with Gasteiger partial charge in [0, 0.05) is 49.6 Å². The molecule has 13 rings (SSSR count). The smallest absolute Gasteiger partial charge is 0.160 e. The summed E-state index contributed by atoms with van der Waals surface area (Å²) in [5.74, 6) is 0.688. The Morgan fingerprint density at radius 3 is 1.26 bits per heavy atom. The zero-order valence-corrected chi connectivity index (χ0v) is 37.0. The van der Waals surface area contributed by atoms with E-state index in [9.17, 15) is 0 Å². The van der Waals surface area contributed by atoms with Gasteiger partial charge >= 0.3 is 0 Å². The highest BCUT2D eigenvalue weighted by Crippen LogP contribution is 2.39. The Morgan fingerprint density at radius 2 is 0.647 bits per heavy atom. The first-order valence-corrected chi connectivity index (χ1v) is 23.1. The molecule has 3 heterocycles. The molecule has 0 amide bonds. The summed E-state index contributed by atoms with van der Waals surface area (Å²) < 4.78 is 4.79. The summed E-state index contributed by atoms with van der Waals surface area (Å²) >= 11 is 0. The maximum Gasteiger partial charge on any atom is 0.160 e. The summed E-state index contributed by atoms with van der Waals surface area (Å²) in [5, 5.41) is 4.87. The van der Waals surface area contributed by atoms with E-state index in [1.165, 1.54) is 66.0 Å². The fourth-order valence-electron chi connectivity index (χ4n) is 10.0. The van der Waals surface area contributed by atoms with E-state index in [0.29, 0.717) is 5.82 Å². The molecule has 318 valence electrons. The minimum absolute atomic E-state index is 0.688. The molecule has 4 heteroatoms. The molecule has 0 bridgehead atoms. The van der Waals surface area contributed by atoms with Gasteiger partial charge in [-0.05, 0) is 94.0 Å². The Hall–Kier alpha value is -9.12. The molecule has 13 aromatic rings. The van der Waals surface area contributed by atoms with E-state index in [0.717, 1.165) is 50.5 Å². The molecule has 0 atom stereocenters. The van der Waals surface area contributed by atoms with Crippen LogP contribution in [0.3, 0.4) is 0 Å². The topological polar surface area (TPSA) is 35.6 Å². The molecule has 0 radical (unpaired) electrons. The van der Waals surface area contributed by atoms with Gasteiger partial charge in [-0.3, -0.25) is 0 Å². The van der Waals surface area contributed by atoms with Crippen LogP contribution in [-0.2, 0) is 0 Å². The van der Waals surface area contributed by atoms with Crippen molar-refractivity contribution in [3.63, 3.8) is 0 Å². The molecule has 0 aliphatic heterocycles. The van der Waals surface area contributed by atoms with Crippen LogP contribution in [0.15, 0.2) is 255 Å². The molecule has 0 saturated carbocycles. The van der Waals surface area contributed by atoms with Gasteiger partial charge in [0.2, 0.25) is 0 Å². The fraction of sp³-hybridized carbons (Fsp3) is 0. The van der Waals surface area contributed by atoms with Gasteiger partial charge in [0.15, 0.2) is 5.82 Å². The number of hydrogen-bond donors (Lipinski definition) is 0. The molecule has 0 fully saturated rings. The van der Waals surface area contributed by atoms with Gasteiger partial charge in [-0.1, -0.05) is 194 Å². The normalized spacial score (nSPS) is 11.5. The first kappa shape index (κ1) is 39.3. The number of fused-ring (bicyclic) bond motifs is 6. The molecule has 0 unspecified atom stereocenters. The first-order valence-electron chi connectivity index (χ1n) is 23.1. The van der Waals surface area contributed by atoms with Crippen LogP contribution in [-0.4, -0.2) is 19.1 Å². The van der Waals surface area contributed by atoms with Gasteiger partial charge in [0.25, 0.3) is 0 Å². The van der Waals surface area contributed by atoms with Crippen molar-refractivity contribution in [2.45, 2.75) is 0 Å². The van der Waals surface area contributed by atoms with Crippen molar-refractivity contribution in [2.24, 2.45) is 0 Å². The Balaban J connectivity index is 0.888. The highest BCUT2D eigenvalue weighted by atomic mass is 15.0. The van der Waals surface area contributed by atoms with E-state index in [-0.39, 0.29) is 0 Å². The number of para-hydroxylation sites is 2. The van der Waals surface area contributed by atoms with Gasteiger partial charge in [-0.15, -0.1) is 0 Å². The molecule has 68 heavy (non-hydrogen) atoms.